The van der Waals surface area contributed by atoms with Gasteiger partial charge in [-0.25, -0.2) is 0 Å². The summed E-state index contributed by atoms with van der Waals surface area (Å²) in [4.78, 5) is 23.5. The van der Waals surface area contributed by atoms with Crippen LogP contribution in [0.3, 0.4) is 0 Å². The number of benzene rings is 1. The number of hydrogen-bond acceptors (Lipinski definition) is 5. The monoisotopic (exact) mass is 367 g/mol. The Hall–Kier alpha value is -3.29. The molecule has 27 heavy (non-hydrogen) atoms. The minimum Gasteiger partial charge on any atom is -0.481 e. The van der Waals surface area contributed by atoms with Gasteiger partial charge in [0.05, 0.1) is 23.4 Å². The van der Waals surface area contributed by atoms with Gasteiger partial charge in [-0.3, -0.25) is 15.0 Å². The molecule has 1 heterocycles. The Morgan fingerprint density at radius 3 is 2.37 bits per heavy atom. The Balaban J connectivity index is 1.67. The number of amides is 1. The van der Waals surface area contributed by atoms with Crippen molar-refractivity contribution < 1.29 is 14.7 Å². The highest BCUT2D eigenvalue weighted by molar-refractivity contribution is 5.96. The van der Waals surface area contributed by atoms with Crippen LogP contribution in [0.25, 0.3) is 11.3 Å². The quantitative estimate of drug-likeness (QED) is 0.469. The van der Waals surface area contributed by atoms with Crippen LogP contribution >= 0.6 is 0 Å². The number of hydrogen-bond donors (Lipinski definition) is 4. The Morgan fingerprint density at radius 1 is 1.11 bits per heavy atom. The third kappa shape index (κ3) is 4.46. The van der Waals surface area contributed by atoms with Crippen LogP contribution in [0.15, 0.2) is 36.5 Å². The third-order valence-electron chi connectivity index (χ3n) is 4.82. The van der Waals surface area contributed by atoms with Crippen molar-refractivity contribution in [3.8, 4) is 11.3 Å². The second-order valence-electron chi connectivity index (χ2n) is 6.68. The Kier molecular flexibility index (Phi) is 5.44. The van der Waals surface area contributed by atoms with Gasteiger partial charge in [0.15, 0.2) is 0 Å². The van der Waals surface area contributed by atoms with E-state index in [4.69, 9.17) is 16.2 Å². The van der Waals surface area contributed by atoms with E-state index in [0.29, 0.717) is 42.5 Å². The summed E-state index contributed by atoms with van der Waals surface area (Å²) in [5, 5.41) is 27.4. The van der Waals surface area contributed by atoms with Crippen molar-refractivity contribution in [3.05, 3.63) is 47.7 Å². The van der Waals surface area contributed by atoms with Crippen LogP contribution in [-0.4, -0.2) is 39.1 Å². The van der Waals surface area contributed by atoms with Gasteiger partial charge in [-0.1, -0.05) is 24.3 Å². The van der Waals surface area contributed by atoms with E-state index >= 15 is 0 Å². The van der Waals surface area contributed by atoms with E-state index in [1.807, 2.05) is 0 Å². The zero-order chi connectivity index (χ0) is 19.4. The fourth-order valence-electron chi connectivity index (χ4n) is 3.21. The topological polar surface area (TPSA) is 142 Å². The summed E-state index contributed by atoms with van der Waals surface area (Å²) < 4.78 is 0. The predicted molar refractivity (Wildman–Crippen MR) is 99.3 cm³/mol. The maximum Gasteiger partial charge on any atom is 0.306 e. The Bertz CT molecular complexity index is 858. The predicted octanol–water partition coefficient (Wildman–Crippen LogP) is 1.80. The second kappa shape index (κ2) is 7.94. The highest BCUT2D eigenvalue weighted by Gasteiger charge is 2.27. The maximum atomic E-state index is 12.5. The van der Waals surface area contributed by atoms with E-state index < -0.39 is 5.97 Å². The summed E-state index contributed by atoms with van der Waals surface area (Å²) in [6.45, 7) is 0. The average molecular weight is 367 g/mol. The Morgan fingerprint density at radius 2 is 1.78 bits per heavy atom. The van der Waals surface area contributed by atoms with E-state index in [9.17, 15) is 9.59 Å². The molecule has 3 rings (SSSR count). The van der Waals surface area contributed by atoms with Crippen molar-refractivity contribution in [2.45, 2.75) is 31.7 Å². The molecule has 1 saturated carbocycles. The van der Waals surface area contributed by atoms with Crippen LogP contribution < -0.4 is 11.1 Å². The molecule has 0 radical (unpaired) electrons. The number of carbonyl (C=O) groups is 2. The first-order valence-corrected chi connectivity index (χ1v) is 8.75. The number of aliphatic carboxylic acids is 1. The Labute approximate surface area is 156 Å². The first kappa shape index (κ1) is 18.5. The van der Waals surface area contributed by atoms with Gasteiger partial charge in [-0.05, 0) is 31.7 Å². The molecule has 1 fully saturated rings. The van der Waals surface area contributed by atoms with Crippen LogP contribution in [0.1, 0.15) is 41.6 Å². The van der Waals surface area contributed by atoms with Gasteiger partial charge < -0.3 is 16.2 Å². The number of nitrogens with zero attached hydrogens (tertiary/aromatic N) is 2. The summed E-state index contributed by atoms with van der Waals surface area (Å²) in [6.07, 6.45) is 3.86. The molecule has 0 unspecified atom stereocenters. The molecule has 0 spiro atoms. The summed E-state index contributed by atoms with van der Waals surface area (Å²) in [6, 6.07) is 8.61. The van der Waals surface area contributed by atoms with Crippen molar-refractivity contribution in [2.24, 2.45) is 11.7 Å². The van der Waals surface area contributed by atoms with E-state index in [1.165, 1.54) is 6.20 Å². The van der Waals surface area contributed by atoms with Crippen LogP contribution in [-0.2, 0) is 4.79 Å². The molecule has 5 N–H and O–H groups in total. The first-order chi connectivity index (χ1) is 12.9. The van der Waals surface area contributed by atoms with E-state index in [1.54, 1.807) is 30.3 Å². The molecule has 1 amide bonds. The lowest BCUT2D eigenvalue weighted by molar-refractivity contribution is -0.142. The van der Waals surface area contributed by atoms with Gasteiger partial charge in [0.25, 0.3) is 5.91 Å². The van der Waals surface area contributed by atoms with Crippen molar-refractivity contribution in [3.63, 3.8) is 0 Å². The van der Waals surface area contributed by atoms with Gasteiger partial charge in [0, 0.05) is 17.2 Å². The van der Waals surface area contributed by atoms with Crippen molar-refractivity contribution in [2.75, 3.05) is 0 Å². The zero-order valence-electron chi connectivity index (χ0n) is 14.7. The van der Waals surface area contributed by atoms with E-state index in [-0.39, 0.29) is 23.7 Å². The molecule has 140 valence electrons. The zero-order valence-corrected chi connectivity index (χ0v) is 14.7. The lowest BCUT2D eigenvalue weighted by Crippen LogP contribution is -2.38. The second-order valence-corrected chi connectivity index (χ2v) is 6.68. The lowest BCUT2D eigenvalue weighted by atomic mass is 9.86. The number of amidine groups is 1. The number of carboxylic acids is 1. The number of nitrogens with one attached hydrogen (secondary N) is 2. The smallest absolute Gasteiger partial charge is 0.306 e. The molecule has 0 aliphatic heterocycles. The highest BCUT2D eigenvalue weighted by Crippen LogP contribution is 2.25. The molecular weight excluding hydrogens is 346 g/mol. The van der Waals surface area contributed by atoms with Crippen LogP contribution in [0.4, 0.5) is 0 Å². The normalized spacial score (nSPS) is 19.3. The molecule has 2 aromatic rings. The van der Waals surface area contributed by atoms with Gasteiger partial charge in [0.2, 0.25) is 0 Å². The minimum absolute atomic E-state index is 0.0154. The SMILES string of the molecule is N=C(N)c1ccc(-c2cc(C(=O)N[C@H]3CC[C@H](C(=O)O)CC3)cnn2)cc1. The highest BCUT2D eigenvalue weighted by atomic mass is 16.4. The molecule has 1 aromatic carbocycles. The third-order valence-corrected chi connectivity index (χ3v) is 4.82. The van der Waals surface area contributed by atoms with Gasteiger partial charge >= 0.3 is 5.97 Å². The largest absolute Gasteiger partial charge is 0.481 e. The van der Waals surface area contributed by atoms with Crippen LogP contribution in [0.2, 0.25) is 0 Å². The molecule has 8 heteroatoms. The molecule has 1 aliphatic carbocycles. The summed E-state index contributed by atoms with van der Waals surface area (Å²) >= 11 is 0. The van der Waals surface area contributed by atoms with Crippen molar-refractivity contribution in [1.82, 2.24) is 15.5 Å². The average Bonchev–Trinajstić information content (AvgIpc) is 2.68. The summed E-state index contributed by atoms with van der Waals surface area (Å²) in [5.74, 6) is -1.34. The molecule has 1 aromatic heterocycles. The molecular formula is C19H21N5O3. The number of aromatic nitrogens is 2. The fraction of sp³-hybridized carbons (Fsp3) is 0.316. The van der Waals surface area contributed by atoms with Crippen LogP contribution in [0, 0.1) is 11.3 Å². The summed E-state index contributed by atoms with van der Waals surface area (Å²) in [7, 11) is 0. The number of carbonyl (C=O) groups excluding carboxylic acids is 1. The molecule has 1 aliphatic rings. The van der Waals surface area contributed by atoms with Gasteiger partial charge in [0.1, 0.15) is 5.84 Å². The van der Waals surface area contributed by atoms with Crippen molar-refractivity contribution in [1.29, 1.82) is 5.41 Å². The van der Waals surface area contributed by atoms with Gasteiger partial charge in [-0.15, -0.1) is 0 Å². The van der Waals surface area contributed by atoms with Crippen LogP contribution in [0.5, 0.6) is 0 Å². The molecule has 0 atom stereocenters. The van der Waals surface area contributed by atoms with E-state index in [0.717, 1.165) is 5.56 Å². The lowest BCUT2D eigenvalue weighted by Gasteiger charge is -2.26. The van der Waals surface area contributed by atoms with Crippen molar-refractivity contribution >= 4 is 17.7 Å². The van der Waals surface area contributed by atoms with Gasteiger partial charge in [-0.2, -0.15) is 10.2 Å². The fourth-order valence-corrected chi connectivity index (χ4v) is 3.21. The number of carboxylic acid groups (broad SMARTS) is 1. The molecule has 0 bridgehead atoms. The molecule has 8 nitrogen and oxygen atoms in total. The number of nitrogen functional groups attached to an aromatic ring is 1. The first-order valence-electron chi connectivity index (χ1n) is 8.75. The number of rotatable bonds is 5. The summed E-state index contributed by atoms with van der Waals surface area (Å²) in [5.41, 5.74) is 7.77. The molecule has 0 saturated heterocycles. The van der Waals surface area contributed by atoms with E-state index in [2.05, 4.69) is 15.5 Å². The maximum absolute atomic E-state index is 12.5. The number of nitrogens with two attached hydrogens (primary N) is 1. The minimum atomic E-state index is -0.765. The standard InChI is InChI=1S/C19H21N5O3/c20-17(21)12-3-1-11(2-4-12)16-9-14(10-22-24-16)18(25)23-15-7-5-13(6-8-15)19(26)27/h1-4,9-10,13,15H,5-8H2,(H3,20,21)(H,23,25)(H,26,27)/t13-,15-.